The van der Waals surface area contributed by atoms with E-state index >= 15 is 0 Å². The molecule has 2 aromatic carbocycles. The van der Waals surface area contributed by atoms with Gasteiger partial charge in [0.25, 0.3) is 0 Å². The smallest absolute Gasteiger partial charge is 0.227 e. The second kappa shape index (κ2) is 8.24. The molecule has 0 aliphatic heterocycles. The van der Waals surface area contributed by atoms with Gasteiger partial charge in [-0.1, -0.05) is 24.3 Å². The maximum absolute atomic E-state index is 12.4. The zero-order valence-corrected chi connectivity index (χ0v) is 14.5. The van der Waals surface area contributed by atoms with Crippen LogP contribution >= 0.6 is 0 Å². The first-order chi connectivity index (χ1) is 11.6. The minimum Gasteiger partial charge on any atom is -0.497 e. The number of ether oxygens (including phenoxy) is 3. The average molecular weight is 329 g/mol. The number of nitrogens with zero attached hydrogens (tertiary/aromatic N) is 1. The summed E-state index contributed by atoms with van der Waals surface area (Å²) in [6, 6.07) is 13.2. The van der Waals surface area contributed by atoms with E-state index in [0.717, 1.165) is 16.9 Å². The molecule has 0 N–H and O–H groups in total. The van der Waals surface area contributed by atoms with Crippen LogP contribution in [-0.4, -0.2) is 39.2 Å². The second-order valence-corrected chi connectivity index (χ2v) is 5.43. The summed E-state index contributed by atoms with van der Waals surface area (Å²) in [6.45, 7) is 0.454. The summed E-state index contributed by atoms with van der Waals surface area (Å²) in [6.07, 6.45) is 0.340. The standard InChI is InChI=1S/C19H23NO4/c1-20(13-15-6-5-7-17(23-3)19(15)24-4)18(21)12-14-8-10-16(22-2)11-9-14/h5-11H,12-13H2,1-4H3. The number of hydrogen-bond acceptors (Lipinski definition) is 4. The van der Waals surface area contributed by atoms with Crippen molar-refractivity contribution in [3.8, 4) is 17.2 Å². The van der Waals surface area contributed by atoms with Crippen molar-refractivity contribution in [2.75, 3.05) is 28.4 Å². The number of likely N-dealkylation sites (N-methyl/N-ethyl adjacent to an activating group) is 1. The summed E-state index contributed by atoms with van der Waals surface area (Å²) in [7, 11) is 6.60. The van der Waals surface area contributed by atoms with E-state index in [-0.39, 0.29) is 5.91 Å². The summed E-state index contributed by atoms with van der Waals surface area (Å²) in [5.41, 5.74) is 1.85. The lowest BCUT2D eigenvalue weighted by molar-refractivity contribution is -0.129. The van der Waals surface area contributed by atoms with Crippen LogP contribution in [0.1, 0.15) is 11.1 Å². The molecule has 0 heterocycles. The molecule has 5 nitrogen and oxygen atoms in total. The summed E-state index contributed by atoms with van der Waals surface area (Å²) in [4.78, 5) is 14.1. The van der Waals surface area contributed by atoms with Gasteiger partial charge in [-0.3, -0.25) is 4.79 Å². The first kappa shape index (κ1) is 17.7. The van der Waals surface area contributed by atoms with Gasteiger partial charge in [0, 0.05) is 19.2 Å². The molecule has 0 aliphatic rings. The Morgan fingerprint density at radius 1 is 0.958 bits per heavy atom. The van der Waals surface area contributed by atoms with Crippen molar-refractivity contribution >= 4 is 5.91 Å². The van der Waals surface area contributed by atoms with E-state index in [1.54, 1.807) is 33.3 Å². The molecule has 0 atom stereocenters. The van der Waals surface area contributed by atoms with Gasteiger partial charge in [0.2, 0.25) is 5.91 Å². The third-order valence-corrected chi connectivity index (χ3v) is 3.83. The van der Waals surface area contributed by atoms with Crippen LogP contribution in [0, 0.1) is 0 Å². The van der Waals surface area contributed by atoms with E-state index in [4.69, 9.17) is 14.2 Å². The number of carbonyl (C=O) groups is 1. The molecule has 0 fully saturated rings. The second-order valence-electron chi connectivity index (χ2n) is 5.43. The van der Waals surface area contributed by atoms with Crippen molar-refractivity contribution in [1.29, 1.82) is 0 Å². The molecule has 128 valence electrons. The van der Waals surface area contributed by atoms with Crippen LogP contribution in [0.15, 0.2) is 42.5 Å². The van der Waals surface area contributed by atoms with E-state index in [0.29, 0.717) is 24.5 Å². The van der Waals surface area contributed by atoms with Gasteiger partial charge in [0.1, 0.15) is 5.75 Å². The number of hydrogen-bond donors (Lipinski definition) is 0. The SMILES string of the molecule is COc1ccc(CC(=O)N(C)Cc2cccc(OC)c2OC)cc1. The minimum absolute atomic E-state index is 0.0324. The zero-order valence-electron chi connectivity index (χ0n) is 14.5. The fourth-order valence-corrected chi connectivity index (χ4v) is 2.47. The highest BCUT2D eigenvalue weighted by Gasteiger charge is 2.15. The number of para-hydroxylation sites is 1. The molecule has 0 bridgehead atoms. The third kappa shape index (κ3) is 4.19. The number of rotatable bonds is 7. The molecule has 2 aromatic rings. The summed E-state index contributed by atoms with van der Waals surface area (Å²) >= 11 is 0. The Labute approximate surface area is 142 Å². The van der Waals surface area contributed by atoms with Gasteiger partial charge >= 0.3 is 0 Å². The average Bonchev–Trinajstić information content (AvgIpc) is 2.61. The Morgan fingerprint density at radius 3 is 2.25 bits per heavy atom. The van der Waals surface area contributed by atoms with Crippen molar-refractivity contribution in [3.05, 3.63) is 53.6 Å². The first-order valence-corrected chi connectivity index (χ1v) is 7.65. The maximum Gasteiger partial charge on any atom is 0.227 e. The molecular weight excluding hydrogens is 306 g/mol. The number of amides is 1. The van der Waals surface area contributed by atoms with Crippen LogP contribution in [0.3, 0.4) is 0 Å². The van der Waals surface area contributed by atoms with Gasteiger partial charge in [-0.25, -0.2) is 0 Å². The fourth-order valence-electron chi connectivity index (χ4n) is 2.47. The Balaban J connectivity index is 2.06. The molecule has 0 aromatic heterocycles. The predicted molar refractivity (Wildman–Crippen MR) is 92.7 cm³/mol. The van der Waals surface area contributed by atoms with Gasteiger partial charge < -0.3 is 19.1 Å². The lowest BCUT2D eigenvalue weighted by atomic mass is 10.1. The Hall–Kier alpha value is -2.69. The van der Waals surface area contributed by atoms with Gasteiger partial charge in [-0.05, 0) is 23.8 Å². The summed E-state index contributed by atoms with van der Waals surface area (Å²) in [5.74, 6) is 2.13. The van der Waals surface area contributed by atoms with Crippen LogP contribution in [0.4, 0.5) is 0 Å². The fraction of sp³-hybridized carbons (Fsp3) is 0.316. The van der Waals surface area contributed by atoms with E-state index in [2.05, 4.69) is 0 Å². The Kier molecular flexibility index (Phi) is 6.07. The van der Waals surface area contributed by atoms with Crippen molar-refractivity contribution in [2.45, 2.75) is 13.0 Å². The van der Waals surface area contributed by atoms with Crippen molar-refractivity contribution in [3.63, 3.8) is 0 Å². The van der Waals surface area contributed by atoms with E-state index in [1.807, 2.05) is 42.5 Å². The van der Waals surface area contributed by atoms with Crippen molar-refractivity contribution in [1.82, 2.24) is 4.90 Å². The normalized spacial score (nSPS) is 10.2. The van der Waals surface area contributed by atoms with Gasteiger partial charge in [0.15, 0.2) is 11.5 Å². The molecule has 24 heavy (non-hydrogen) atoms. The van der Waals surface area contributed by atoms with Crippen molar-refractivity contribution in [2.24, 2.45) is 0 Å². The van der Waals surface area contributed by atoms with Crippen LogP contribution in [0.25, 0.3) is 0 Å². The minimum atomic E-state index is 0.0324. The topological polar surface area (TPSA) is 48.0 Å². The molecule has 0 unspecified atom stereocenters. The van der Waals surface area contributed by atoms with Crippen LogP contribution in [-0.2, 0) is 17.8 Å². The van der Waals surface area contributed by atoms with Gasteiger partial charge in [0.05, 0.1) is 27.8 Å². The Morgan fingerprint density at radius 2 is 1.67 bits per heavy atom. The molecule has 0 saturated carbocycles. The molecule has 1 amide bonds. The maximum atomic E-state index is 12.4. The van der Waals surface area contributed by atoms with Gasteiger partial charge in [-0.2, -0.15) is 0 Å². The monoisotopic (exact) mass is 329 g/mol. The van der Waals surface area contributed by atoms with E-state index in [9.17, 15) is 4.79 Å². The largest absolute Gasteiger partial charge is 0.497 e. The highest BCUT2D eigenvalue weighted by molar-refractivity contribution is 5.78. The van der Waals surface area contributed by atoms with E-state index in [1.165, 1.54) is 0 Å². The highest BCUT2D eigenvalue weighted by atomic mass is 16.5. The lowest BCUT2D eigenvalue weighted by Gasteiger charge is -2.20. The number of benzene rings is 2. The molecule has 5 heteroatoms. The van der Waals surface area contributed by atoms with E-state index < -0.39 is 0 Å². The molecule has 0 spiro atoms. The van der Waals surface area contributed by atoms with Crippen molar-refractivity contribution < 1.29 is 19.0 Å². The highest BCUT2D eigenvalue weighted by Crippen LogP contribution is 2.31. The molecule has 0 radical (unpaired) electrons. The molecule has 0 aliphatic carbocycles. The lowest BCUT2D eigenvalue weighted by Crippen LogP contribution is -2.27. The third-order valence-electron chi connectivity index (χ3n) is 3.83. The number of carbonyl (C=O) groups excluding carboxylic acids is 1. The Bertz CT molecular complexity index is 682. The summed E-state index contributed by atoms with van der Waals surface area (Å²) in [5, 5.41) is 0. The molecule has 0 saturated heterocycles. The number of methoxy groups -OCH3 is 3. The predicted octanol–water partition coefficient (Wildman–Crippen LogP) is 2.91. The van der Waals surface area contributed by atoms with Gasteiger partial charge in [-0.15, -0.1) is 0 Å². The molecule has 2 rings (SSSR count). The quantitative estimate of drug-likeness (QED) is 0.784. The van der Waals surface area contributed by atoms with Crippen LogP contribution in [0.2, 0.25) is 0 Å². The zero-order chi connectivity index (χ0) is 17.5. The summed E-state index contributed by atoms with van der Waals surface area (Å²) < 4.78 is 15.8. The molecular formula is C19H23NO4. The van der Waals surface area contributed by atoms with Crippen LogP contribution < -0.4 is 14.2 Å². The first-order valence-electron chi connectivity index (χ1n) is 7.65. The van der Waals surface area contributed by atoms with Crippen LogP contribution in [0.5, 0.6) is 17.2 Å².